The van der Waals surface area contributed by atoms with Gasteiger partial charge in [-0.15, -0.1) is 0 Å². The summed E-state index contributed by atoms with van der Waals surface area (Å²) in [5, 5.41) is 0. The fourth-order valence-corrected chi connectivity index (χ4v) is 1.56. The lowest BCUT2D eigenvalue weighted by Gasteiger charge is -2.12. The highest BCUT2D eigenvalue weighted by atomic mass is 19.1. The molecule has 84 valence electrons. The first-order valence-corrected chi connectivity index (χ1v) is 5.16. The van der Waals surface area contributed by atoms with Gasteiger partial charge in [-0.2, -0.15) is 0 Å². The number of hydrogen-bond acceptors (Lipinski definition) is 2. The highest BCUT2D eigenvalue weighted by Crippen LogP contribution is 2.13. The summed E-state index contributed by atoms with van der Waals surface area (Å²) in [5.74, 6) is -0.137. The third-order valence-electron chi connectivity index (χ3n) is 2.16. The van der Waals surface area contributed by atoms with Gasteiger partial charge in [-0.3, -0.25) is 0 Å². The molecule has 0 aliphatic rings. The lowest BCUT2D eigenvalue weighted by molar-refractivity contribution is 0.392. The summed E-state index contributed by atoms with van der Waals surface area (Å²) >= 11 is 0. The third kappa shape index (κ3) is 3.98. The fraction of sp³-hybridized carbons (Fsp3) is 0.500. The minimum Gasteiger partial charge on any atom is -0.328 e. The Morgan fingerprint density at radius 2 is 2.07 bits per heavy atom. The van der Waals surface area contributed by atoms with Gasteiger partial charge >= 0.3 is 0 Å². The van der Waals surface area contributed by atoms with Crippen molar-refractivity contribution in [3.63, 3.8) is 0 Å². The van der Waals surface area contributed by atoms with Crippen molar-refractivity contribution in [3.05, 3.63) is 35.1 Å². The zero-order valence-electron chi connectivity index (χ0n) is 9.63. The summed E-state index contributed by atoms with van der Waals surface area (Å²) in [5.41, 5.74) is 7.36. The Morgan fingerprint density at radius 3 is 2.53 bits per heavy atom. The maximum absolute atomic E-state index is 13.6. The van der Waals surface area contributed by atoms with Gasteiger partial charge in [0.05, 0.1) is 0 Å². The number of nitrogens with two attached hydrogens (primary N) is 1. The zero-order valence-corrected chi connectivity index (χ0v) is 9.63. The Balaban J connectivity index is 2.78. The van der Waals surface area contributed by atoms with E-state index >= 15 is 0 Å². The molecule has 0 amide bonds. The summed E-state index contributed by atoms with van der Waals surface area (Å²) in [4.78, 5) is 1.95. The zero-order chi connectivity index (χ0) is 11.4. The highest BCUT2D eigenvalue weighted by Gasteiger charge is 2.05. The standard InChI is InChI=1S/C12H19FN2/c1-9(14)6-10-4-5-11(8-15(2)3)12(13)7-10/h4-5,7,9H,6,8,14H2,1-3H3. The van der Waals surface area contributed by atoms with Gasteiger partial charge in [0.2, 0.25) is 0 Å². The molecular formula is C12H19FN2. The molecule has 1 unspecified atom stereocenters. The van der Waals surface area contributed by atoms with Gasteiger partial charge in [0.1, 0.15) is 5.82 Å². The molecule has 0 saturated carbocycles. The summed E-state index contributed by atoms with van der Waals surface area (Å²) in [6.45, 7) is 2.55. The minimum atomic E-state index is -0.137. The predicted octanol–water partition coefficient (Wildman–Crippen LogP) is 1.78. The molecule has 1 aromatic carbocycles. The molecule has 0 radical (unpaired) electrons. The number of hydrogen-bond donors (Lipinski definition) is 1. The first-order valence-electron chi connectivity index (χ1n) is 5.16. The Labute approximate surface area is 90.9 Å². The van der Waals surface area contributed by atoms with Gasteiger partial charge in [-0.25, -0.2) is 4.39 Å². The van der Waals surface area contributed by atoms with E-state index in [0.29, 0.717) is 6.54 Å². The van der Waals surface area contributed by atoms with Crippen LogP contribution >= 0.6 is 0 Å². The maximum atomic E-state index is 13.6. The lowest BCUT2D eigenvalue weighted by atomic mass is 10.0. The van der Waals surface area contributed by atoms with Crippen LogP contribution in [0, 0.1) is 5.82 Å². The van der Waals surface area contributed by atoms with E-state index < -0.39 is 0 Å². The molecule has 1 atom stereocenters. The van der Waals surface area contributed by atoms with Crippen molar-refractivity contribution in [2.24, 2.45) is 5.73 Å². The van der Waals surface area contributed by atoms with Crippen molar-refractivity contribution in [3.8, 4) is 0 Å². The summed E-state index contributed by atoms with van der Waals surface area (Å²) in [6.07, 6.45) is 0.721. The molecule has 15 heavy (non-hydrogen) atoms. The van der Waals surface area contributed by atoms with Gasteiger partial charge in [0.25, 0.3) is 0 Å². The molecule has 0 aromatic heterocycles. The van der Waals surface area contributed by atoms with Gasteiger partial charge < -0.3 is 10.6 Å². The van der Waals surface area contributed by atoms with E-state index in [4.69, 9.17) is 5.73 Å². The molecular weight excluding hydrogens is 191 g/mol. The van der Waals surface area contributed by atoms with Crippen LogP contribution in [0.4, 0.5) is 4.39 Å². The second kappa shape index (κ2) is 5.24. The molecule has 2 N–H and O–H groups in total. The Morgan fingerprint density at radius 1 is 1.40 bits per heavy atom. The molecule has 0 bridgehead atoms. The van der Waals surface area contributed by atoms with Gasteiger partial charge in [-0.05, 0) is 39.1 Å². The molecule has 1 aromatic rings. The van der Waals surface area contributed by atoms with Crippen LogP contribution in [0.1, 0.15) is 18.1 Å². The summed E-state index contributed by atoms with van der Waals surface area (Å²) < 4.78 is 13.6. The van der Waals surface area contributed by atoms with E-state index in [0.717, 1.165) is 17.5 Å². The van der Waals surface area contributed by atoms with E-state index in [1.165, 1.54) is 0 Å². The van der Waals surface area contributed by atoms with Crippen LogP contribution in [0.15, 0.2) is 18.2 Å². The highest BCUT2D eigenvalue weighted by molar-refractivity contribution is 5.25. The fourth-order valence-electron chi connectivity index (χ4n) is 1.56. The molecule has 0 saturated heterocycles. The largest absolute Gasteiger partial charge is 0.328 e. The smallest absolute Gasteiger partial charge is 0.127 e. The monoisotopic (exact) mass is 210 g/mol. The van der Waals surface area contributed by atoms with E-state index in [1.807, 2.05) is 38.1 Å². The molecule has 0 aliphatic heterocycles. The van der Waals surface area contributed by atoms with E-state index in [1.54, 1.807) is 6.07 Å². The summed E-state index contributed by atoms with van der Waals surface area (Å²) in [7, 11) is 3.85. The second-order valence-corrected chi connectivity index (χ2v) is 4.34. The molecule has 1 rings (SSSR count). The van der Waals surface area contributed by atoms with Gasteiger partial charge in [0, 0.05) is 18.2 Å². The predicted molar refractivity (Wildman–Crippen MR) is 61.1 cm³/mol. The molecule has 2 nitrogen and oxygen atoms in total. The molecule has 3 heteroatoms. The first kappa shape index (κ1) is 12.1. The first-order chi connectivity index (χ1) is 6.99. The minimum absolute atomic E-state index is 0.0732. The van der Waals surface area contributed by atoms with Crippen molar-refractivity contribution in [2.45, 2.75) is 25.9 Å². The van der Waals surface area contributed by atoms with E-state index in [9.17, 15) is 4.39 Å². The van der Waals surface area contributed by atoms with Crippen LogP contribution in [0.3, 0.4) is 0 Å². The Kier molecular flexibility index (Phi) is 4.24. The lowest BCUT2D eigenvalue weighted by Crippen LogP contribution is -2.18. The molecule has 0 fully saturated rings. The quantitative estimate of drug-likeness (QED) is 0.820. The van der Waals surface area contributed by atoms with E-state index in [-0.39, 0.29) is 11.9 Å². The SMILES string of the molecule is CC(N)Cc1ccc(CN(C)C)c(F)c1. The average Bonchev–Trinajstić information content (AvgIpc) is 2.08. The Bertz CT molecular complexity index is 321. The van der Waals surface area contributed by atoms with Crippen LogP contribution in [0.2, 0.25) is 0 Å². The van der Waals surface area contributed by atoms with Crippen molar-refractivity contribution < 1.29 is 4.39 Å². The van der Waals surface area contributed by atoms with E-state index in [2.05, 4.69) is 0 Å². The Hall–Kier alpha value is -0.930. The normalized spacial score (nSPS) is 13.2. The van der Waals surface area contributed by atoms with Crippen molar-refractivity contribution in [1.29, 1.82) is 0 Å². The maximum Gasteiger partial charge on any atom is 0.127 e. The van der Waals surface area contributed by atoms with Crippen LogP contribution < -0.4 is 5.73 Å². The number of halogens is 1. The van der Waals surface area contributed by atoms with Crippen LogP contribution in [0.25, 0.3) is 0 Å². The van der Waals surface area contributed by atoms with Crippen LogP contribution in [-0.4, -0.2) is 25.0 Å². The van der Waals surface area contributed by atoms with Crippen molar-refractivity contribution in [2.75, 3.05) is 14.1 Å². The van der Waals surface area contributed by atoms with Crippen LogP contribution in [0.5, 0.6) is 0 Å². The molecule has 0 aliphatic carbocycles. The topological polar surface area (TPSA) is 29.3 Å². The number of nitrogens with zero attached hydrogens (tertiary/aromatic N) is 1. The molecule has 0 heterocycles. The second-order valence-electron chi connectivity index (χ2n) is 4.34. The van der Waals surface area contributed by atoms with Gasteiger partial charge in [0.15, 0.2) is 0 Å². The summed E-state index contributed by atoms with van der Waals surface area (Å²) in [6, 6.07) is 5.45. The van der Waals surface area contributed by atoms with Crippen molar-refractivity contribution in [1.82, 2.24) is 4.90 Å². The third-order valence-corrected chi connectivity index (χ3v) is 2.16. The average molecular weight is 210 g/mol. The van der Waals surface area contributed by atoms with Crippen molar-refractivity contribution >= 4 is 0 Å². The van der Waals surface area contributed by atoms with Gasteiger partial charge in [-0.1, -0.05) is 12.1 Å². The molecule has 0 spiro atoms. The van der Waals surface area contributed by atoms with Crippen LogP contribution in [-0.2, 0) is 13.0 Å². The number of benzene rings is 1. The number of rotatable bonds is 4.